The van der Waals surface area contributed by atoms with Crippen molar-refractivity contribution >= 4 is 23.2 Å². The molecule has 2 aromatic rings. The average Bonchev–Trinajstić information content (AvgIpc) is 2.65. The van der Waals surface area contributed by atoms with Crippen LogP contribution in [0.4, 0.5) is 11.4 Å². The molecule has 0 fully saturated rings. The summed E-state index contributed by atoms with van der Waals surface area (Å²) in [5.41, 5.74) is 1.29. The zero-order chi connectivity index (χ0) is 18.6. The highest BCUT2D eigenvalue weighted by Crippen LogP contribution is 2.16. The van der Waals surface area contributed by atoms with Crippen molar-refractivity contribution in [1.82, 2.24) is 0 Å². The van der Waals surface area contributed by atoms with Crippen LogP contribution in [0.3, 0.4) is 0 Å². The molecule has 2 N–H and O–H groups in total. The number of hydrogen-bond acceptors (Lipinski definition) is 3. The van der Waals surface area contributed by atoms with E-state index in [4.69, 9.17) is 4.74 Å². The zero-order valence-corrected chi connectivity index (χ0v) is 15.2. The molecule has 0 aliphatic carbocycles. The van der Waals surface area contributed by atoms with Crippen molar-refractivity contribution in [2.24, 2.45) is 0 Å². The van der Waals surface area contributed by atoms with Crippen molar-refractivity contribution in [3.63, 3.8) is 0 Å². The molecule has 2 amide bonds. The van der Waals surface area contributed by atoms with Gasteiger partial charge >= 0.3 is 0 Å². The highest BCUT2D eigenvalue weighted by Gasteiger charge is 2.06. The maximum atomic E-state index is 12.0. The summed E-state index contributed by atoms with van der Waals surface area (Å²) in [7, 11) is 0. The molecule has 2 aromatic carbocycles. The molecule has 0 saturated carbocycles. The minimum atomic E-state index is -0.253. The molecule has 0 saturated heterocycles. The van der Waals surface area contributed by atoms with Crippen molar-refractivity contribution < 1.29 is 14.3 Å². The fraction of sp³-hybridized carbons (Fsp3) is 0.333. The molecule has 0 aliphatic heterocycles. The molecule has 5 heteroatoms. The first-order valence-corrected chi connectivity index (χ1v) is 9.05. The van der Waals surface area contributed by atoms with Gasteiger partial charge in [-0.2, -0.15) is 0 Å². The van der Waals surface area contributed by atoms with Gasteiger partial charge < -0.3 is 15.4 Å². The van der Waals surface area contributed by atoms with Gasteiger partial charge in [0.15, 0.2) is 6.61 Å². The van der Waals surface area contributed by atoms with Crippen LogP contribution in [0.1, 0.15) is 39.0 Å². The third kappa shape index (κ3) is 7.38. The summed E-state index contributed by atoms with van der Waals surface area (Å²) >= 11 is 0. The third-order valence-electron chi connectivity index (χ3n) is 3.80. The van der Waals surface area contributed by atoms with Crippen LogP contribution in [0.15, 0.2) is 54.6 Å². The van der Waals surface area contributed by atoms with Crippen LogP contribution in [0.25, 0.3) is 0 Å². The molecule has 0 aromatic heterocycles. The van der Waals surface area contributed by atoms with Crippen molar-refractivity contribution in [3.05, 3.63) is 54.6 Å². The number of carbonyl (C=O) groups excluding carboxylic acids is 2. The minimum Gasteiger partial charge on any atom is -0.484 e. The Morgan fingerprint density at radius 3 is 2.23 bits per heavy atom. The zero-order valence-electron chi connectivity index (χ0n) is 15.2. The van der Waals surface area contributed by atoms with Gasteiger partial charge in [0, 0.05) is 17.8 Å². The second-order valence-corrected chi connectivity index (χ2v) is 6.09. The van der Waals surface area contributed by atoms with Gasteiger partial charge in [-0.25, -0.2) is 0 Å². The molecular weight excluding hydrogens is 328 g/mol. The molecule has 0 atom stereocenters. The van der Waals surface area contributed by atoms with Crippen molar-refractivity contribution in [2.45, 2.75) is 39.0 Å². The summed E-state index contributed by atoms with van der Waals surface area (Å²) in [6.45, 7) is 2.07. The van der Waals surface area contributed by atoms with Gasteiger partial charge in [0.05, 0.1) is 0 Å². The highest BCUT2D eigenvalue weighted by molar-refractivity contribution is 5.94. The first-order chi connectivity index (χ1) is 12.7. The molecule has 0 unspecified atom stereocenters. The van der Waals surface area contributed by atoms with Crippen LogP contribution in [0.2, 0.25) is 0 Å². The maximum Gasteiger partial charge on any atom is 0.262 e. The van der Waals surface area contributed by atoms with Crippen molar-refractivity contribution in [1.29, 1.82) is 0 Å². The lowest BCUT2D eigenvalue weighted by Crippen LogP contribution is -2.20. The SMILES string of the molecule is CCCCCCC(=O)Nc1cccc(NC(=O)COc2ccccc2)c1. The summed E-state index contributed by atoms with van der Waals surface area (Å²) in [5.74, 6) is 0.389. The van der Waals surface area contributed by atoms with E-state index in [0.717, 1.165) is 25.7 Å². The number of carbonyl (C=O) groups is 2. The summed E-state index contributed by atoms with van der Waals surface area (Å²) in [4.78, 5) is 23.9. The lowest BCUT2D eigenvalue weighted by atomic mass is 10.1. The lowest BCUT2D eigenvalue weighted by molar-refractivity contribution is -0.118. The molecule has 0 heterocycles. The van der Waals surface area contributed by atoms with E-state index in [1.807, 2.05) is 18.2 Å². The van der Waals surface area contributed by atoms with Gasteiger partial charge in [0.2, 0.25) is 5.91 Å². The van der Waals surface area contributed by atoms with Gasteiger partial charge in [-0.3, -0.25) is 9.59 Å². The number of unbranched alkanes of at least 4 members (excludes halogenated alkanes) is 3. The van der Waals surface area contributed by atoms with Crippen LogP contribution in [0.5, 0.6) is 5.75 Å². The quantitative estimate of drug-likeness (QED) is 0.612. The third-order valence-corrected chi connectivity index (χ3v) is 3.80. The molecule has 0 aliphatic rings. The Hall–Kier alpha value is -2.82. The minimum absolute atomic E-state index is 0.00279. The van der Waals surface area contributed by atoms with E-state index < -0.39 is 0 Å². The largest absolute Gasteiger partial charge is 0.484 e. The van der Waals surface area contributed by atoms with E-state index in [9.17, 15) is 9.59 Å². The Morgan fingerprint density at radius 1 is 0.846 bits per heavy atom. The average molecular weight is 354 g/mol. The predicted octanol–water partition coefficient (Wildman–Crippen LogP) is 4.61. The summed E-state index contributed by atoms with van der Waals surface area (Å²) in [5, 5.41) is 5.64. The van der Waals surface area contributed by atoms with Gasteiger partial charge in [-0.05, 0) is 36.8 Å². The van der Waals surface area contributed by atoms with E-state index in [-0.39, 0.29) is 18.4 Å². The molecule has 0 bridgehead atoms. The molecule has 5 nitrogen and oxygen atoms in total. The van der Waals surface area contributed by atoms with E-state index in [0.29, 0.717) is 23.5 Å². The molecule has 0 spiro atoms. The van der Waals surface area contributed by atoms with Crippen LogP contribution < -0.4 is 15.4 Å². The Morgan fingerprint density at radius 2 is 1.54 bits per heavy atom. The van der Waals surface area contributed by atoms with Crippen LogP contribution in [-0.4, -0.2) is 18.4 Å². The first-order valence-electron chi connectivity index (χ1n) is 9.05. The first kappa shape index (κ1) is 19.5. The summed E-state index contributed by atoms with van der Waals surface area (Å²) < 4.78 is 5.42. The van der Waals surface area contributed by atoms with Gasteiger partial charge in [-0.1, -0.05) is 50.5 Å². The van der Waals surface area contributed by atoms with E-state index in [1.54, 1.807) is 36.4 Å². The smallest absolute Gasteiger partial charge is 0.262 e. The van der Waals surface area contributed by atoms with Crippen LogP contribution in [0, 0.1) is 0 Å². The van der Waals surface area contributed by atoms with Crippen LogP contribution in [-0.2, 0) is 9.59 Å². The number of para-hydroxylation sites is 1. The Balaban J connectivity index is 1.78. The fourth-order valence-corrected chi connectivity index (χ4v) is 2.47. The van der Waals surface area contributed by atoms with E-state index in [1.165, 1.54) is 0 Å². The second kappa shape index (κ2) is 10.9. The topological polar surface area (TPSA) is 67.4 Å². The molecule has 138 valence electrons. The summed E-state index contributed by atoms with van der Waals surface area (Å²) in [6.07, 6.45) is 4.78. The van der Waals surface area contributed by atoms with Crippen molar-refractivity contribution in [2.75, 3.05) is 17.2 Å². The molecule has 0 radical (unpaired) electrons. The number of benzene rings is 2. The number of rotatable bonds is 10. The van der Waals surface area contributed by atoms with E-state index >= 15 is 0 Å². The summed E-state index contributed by atoms with van der Waals surface area (Å²) in [6, 6.07) is 16.3. The number of nitrogens with one attached hydrogen (secondary N) is 2. The Kier molecular flexibility index (Phi) is 8.19. The number of anilines is 2. The number of ether oxygens (including phenoxy) is 1. The van der Waals surface area contributed by atoms with Gasteiger partial charge in [0.25, 0.3) is 5.91 Å². The van der Waals surface area contributed by atoms with E-state index in [2.05, 4.69) is 17.6 Å². The monoisotopic (exact) mass is 354 g/mol. The van der Waals surface area contributed by atoms with Crippen molar-refractivity contribution in [3.8, 4) is 5.75 Å². The lowest BCUT2D eigenvalue weighted by Gasteiger charge is -2.10. The molecule has 2 rings (SSSR count). The normalized spacial score (nSPS) is 10.2. The predicted molar refractivity (Wildman–Crippen MR) is 104 cm³/mol. The highest BCUT2D eigenvalue weighted by atomic mass is 16.5. The number of hydrogen-bond donors (Lipinski definition) is 2. The number of amides is 2. The maximum absolute atomic E-state index is 12.0. The molecule has 26 heavy (non-hydrogen) atoms. The fourth-order valence-electron chi connectivity index (χ4n) is 2.47. The van der Waals surface area contributed by atoms with Gasteiger partial charge in [0.1, 0.15) is 5.75 Å². The Labute approximate surface area is 154 Å². The second-order valence-electron chi connectivity index (χ2n) is 6.09. The standard InChI is InChI=1S/C21H26N2O3/c1-2-3-4-8-14-20(24)22-17-10-9-11-18(15-17)23-21(25)16-26-19-12-6-5-7-13-19/h5-7,9-13,15H,2-4,8,14,16H2,1H3,(H,22,24)(H,23,25). The van der Waals surface area contributed by atoms with Gasteiger partial charge in [-0.15, -0.1) is 0 Å². The van der Waals surface area contributed by atoms with Crippen LogP contribution >= 0.6 is 0 Å². The Bertz CT molecular complexity index is 701. The molecular formula is C21H26N2O3.